The molecule has 1 amide bonds. The van der Waals surface area contributed by atoms with Crippen LogP contribution in [0.25, 0.3) is 11.1 Å². The molecule has 0 spiro atoms. The van der Waals surface area contributed by atoms with E-state index in [9.17, 15) is 18.0 Å². The van der Waals surface area contributed by atoms with Gasteiger partial charge in [-0.1, -0.05) is 42.5 Å². The van der Waals surface area contributed by atoms with Crippen molar-refractivity contribution in [1.82, 2.24) is 4.90 Å². The van der Waals surface area contributed by atoms with Crippen molar-refractivity contribution in [2.45, 2.75) is 52.1 Å². The third-order valence-electron chi connectivity index (χ3n) is 6.18. The van der Waals surface area contributed by atoms with E-state index in [1.807, 2.05) is 64.2 Å². The minimum Gasteiger partial charge on any atom is -0.444 e. The van der Waals surface area contributed by atoms with Gasteiger partial charge in [-0.2, -0.15) is 13.2 Å². The highest BCUT2D eigenvalue weighted by Crippen LogP contribution is 2.38. The van der Waals surface area contributed by atoms with Crippen molar-refractivity contribution in [1.29, 1.82) is 0 Å². The number of anilines is 1. The summed E-state index contributed by atoms with van der Waals surface area (Å²) in [6.07, 6.45) is -4.09. The maximum Gasteiger partial charge on any atom is 0.416 e. The number of benzene rings is 3. The third-order valence-corrected chi connectivity index (χ3v) is 6.18. The van der Waals surface area contributed by atoms with E-state index in [4.69, 9.17) is 4.74 Å². The zero-order chi connectivity index (χ0) is 26.1. The monoisotopic (exact) mass is 496 g/mol. The maximum absolute atomic E-state index is 13.2. The van der Waals surface area contributed by atoms with Crippen LogP contribution in [-0.4, -0.2) is 30.2 Å². The molecule has 0 saturated heterocycles. The van der Waals surface area contributed by atoms with Gasteiger partial charge in [0, 0.05) is 37.9 Å². The second-order valence-electron chi connectivity index (χ2n) is 10.2. The predicted octanol–water partition coefficient (Wildman–Crippen LogP) is 7.30. The van der Waals surface area contributed by atoms with E-state index in [0.29, 0.717) is 31.6 Å². The highest BCUT2D eigenvalue weighted by atomic mass is 19.4. The zero-order valence-electron chi connectivity index (χ0n) is 21.0. The van der Waals surface area contributed by atoms with Crippen molar-refractivity contribution < 1.29 is 22.7 Å². The van der Waals surface area contributed by atoms with Crippen LogP contribution >= 0.6 is 0 Å². The molecular weight excluding hydrogens is 465 g/mol. The lowest BCUT2D eigenvalue weighted by molar-refractivity contribution is -0.137. The van der Waals surface area contributed by atoms with Gasteiger partial charge < -0.3 is 14.5 Å². The summed E-state index contributed by atoms with van der Waals surface area (Å²) in [7, 11) is 1.98. The molecule has 0 radical (unpaired) electrons. The largest absolute Gasteiger partial charge is 0.444 e. The van der Waals surface area contributed by atoms with E-state index in [1.54, 1.807) is 4.90 Å². The number of fused-ring (bicyclic) bond motifs is 1. The van der Waals surface area contributed by atoms with Crippen molar-refractivity contribution in [2.24, 2.45) is 0 Å². The van der Waals surface area contributed by atoms with Crippen LogP contribution in [0.4, 0.5) is 23.7 Å². The van der Waals surface area contributed by atoms with Gasteiger partial charge in [0.15, 0.2) is 0 Å². The standard InChI is InChI=1S/C29H31F3N2O2/c1-28(2,3)36-27(35)34-15-14-22-17-26(33(4)18-20-8-6-5-7-9-20)25(16-23(22)19-34)21-10-12-24(13-11-21)29(30,31)32/h5-13,16-17H,14-15,18-19H2,1-4H3. The summed E-state index contributed by atoms with van der Waals surface area (Å²) in [6.45, 7) is 7.09. The molecule has 0 saturated carbocycles. The fraction of sp³-hybridized carbons (Fsp3) is 0.345. The van der Waals surface area contributed by atoms with Gasteiger partial charge >= 0.3 is 12.3 Å². The molecule has 3 aromatic rings. The number of carbonyl (C=O) groups excluding carboxylic acids is 1. The third kappa shape index (κ3) is 6.01. The summed E-state index contributed by atoms with van der Waals surface area (Å²) in [5.41, 5.74) is 4.41. The van der Waals surface area contributed by atoms with Crippen molar-refractivity contribution in [2.75, 3.05) is 18.5 Å². The van der Waals surface area contributed by atoms with Crippen molar-refractivity contribution in [3.63, 3.8) is 0 Å². The van der Waals surface area contributed by atoms with Crippen LogP contribution in [0.3, 0.4) is 0 Å². The summed E-state index contributed by atoms with van der Waals surface area (Å²) >= 11 is 0. The molecule has 36 heavy (non-hydrogen) atoms. The fourth-order valence-corrected chi connectivity index (χ4v) is 4.41. The highest BCUT2D eigenvalue weighted by Gasteiger charge is 2.31. The topological polar surface area (TPSA) is 32.8 Å². The Balaban J connectivity index is 1.71. The van der Waals surface area contributed by atoms with Crippen molar-refractivity contribution in [3.05, 3.63) is 89.0 Å². The van der Waals surface area contributed by atoms with Gasteiger partial charge in [-0.3, -0.25) is 0 Å². The van der Waals surface area contributed by atoms with Gasteiger partial charge in [0.25, 0.3) is 0 Å². The summed E-state index contributed by atoms with van der Waals surface area (Å²) in [5.74, 6) is 0. The summed E-state index contributed by atoms with van der Waals surface area (Å²) in [6, 6.07) is 19.4. The molecule has 4 nitrogen and oxygen atoms in total. The SMILES string of the molecule is CN(Cc1ccccc1)c1cc2c(cc1-c1ccc(C(F)(F)F)cc1)CN(C(=O)OC(C)(C)C)CC2. The van der Waals surface area contributed by atoms with Crippen LogP contribution in [0.2, 0.25) is 0 Å². The van der Waals surface area contributed by atoms with E-state index < -0.39 is 17.3 Å². The first kappa shape index (κ1) is 25.6. The Morgan fingerprint density at radius 3 is 2.25 bits per heavy atom. The molecular formula is C29H31F3N2O2. The average molecular weight is 497 g/mol. The molecule has 3 aromatic carbocycles. The van der Waals surface area contributed by atoms with Crippen LogP contribution in [0, 0.1) is 0 Å². The number of carbonyl (C=O) groups is 1. The molecule has 0 aromatic heterocycles. The smallest absolute Gasteiger partial charge is 0.416 e. The Morgan fingerprint density at radius 2 is 1.64 bits per heavy atom. The van der Waals surface area contributed by atoms with Gasteiger partial charge in [-0.15, -0.1) is 0 Å². The minimum atomic E-state index is -4.39. The lowest BCUT2D eigenvalue weighted by Gasteiger charge is -2.33. The summed E-state index contributed by atoms with van der Waals surface area (Å²) < 4.78 is 45.1. The molecule has 0 unspecified atom stereocenters. The summed E-state index contributed by atoms with van der Waals surface area (Å²) in [4.78, 5) is 16.5. The summed E-state index contributed by atoms with van der Waals surface area (Å²) in [5, 5.41) is 0. The quantitative estimate of drug-likeness (QED) is 0.380. The molecule has 190 valence electrons. The molecule has 7 heteroatoms. The Kier molecular flexibility index (Phi) is 7.03. The molecule has 1 aliphatic heterocycles. The first-order chi connectivity index (χ1) is 16.9. The molecule has 0 aliphatic carbocycles. The number of hydrogen-bond donors (Lipinski definition) is 0. The van der Waals surface area contributed by atoms with Crippen LogP contribution in [0.5, 0.6) is 0 Å². The zero-order valence-corrected chi connectivity index (χ0v) is 21.0. The molecule has 0 fully saturated rings. The van der Waals surface area contributed by atoms with Gasteiger partial charge in [0.1, 0.15) is 5.60 Å². The van der Waals surface area contributed by atoms with E-state index >= 15 is 0 Å². The molecule has 4 rings (SSSR count). The normalized spacial score (nSPS) is 13.8. The van der Waals surface area contributed by atoms with Gasteiger partial charge in [0.2, 0.25) is 0 Å². The number of alkyl halides is 3. The number of ether oxygens (including phenoxy) is 1. The second kappa shape index (κ2) is 9.88. The van der Waals surface area contributed by atoms with E-state index in [1.165, 1.54) is 12.1 Å². The lowest BCUT2D eigenvalue weighted by atomic mass is 9.92. The average Bonchev–Trinajstić information content (AvgIpc) is 2.82. The maximum atomic E-state index is 13.2. The van der Waals surface area contributed by atoms with Crippen LogP contribution in [0.15, 0.2) is 66.7 Å². The van der Waals surface area contributed by atoms with Gasteiger partial charge in [-0.05, 0) is 73.7 Å². The first-order valence-corrected chi connectivity index (χ1v) is 12.0. The number of halogens is 3. The van der Waals surface area contributed by atoms with Crippen LogP contribution in [-0.2, 0) is 30.4 Å². The highest BCUT2D eigenvalue weighted by molar-refractivity contribution is 5.81. The van der Waals surface area contributed by atoms with Crippen molar-refractivity contribution in [3.8, 4) is 11.1 Å². The molecule has 1 aliphatic rings. The lowest BCUT2D eigenvalue weighted by Crippen LogP contribution is -2.40. The van der Waals surface area contributed by atoms with E-state index in [-0.39, 0.29) is 6.09 Å². The molecule has 1 heterocycles. The molecule has 0 atom stereocenters. The van der Waals surface area contributed by atoms with E-state index in [2.05, 4.69) is 11.0 Å². The molecule has 0 N–H and O–H groups in total. The molecule has 0 bridgehead atoms. The van der Waals surface area contributed by atoms with Crippen LogP contribution < -0.4 is 4.90 Å². The van der Waals surface area contributed by atoms with Gasteiger partial charge in [-0.25, -0.2) is 4.79 Å². The Hall–Kier alpha value is -3.48. The predicted molar refractivity (Wildman–Crippen MR) is 136 cm³/mol. The van der Waals surface area contributed by atoms with Crippen LogP contribution in [0.1, 0.15) is 43.0 Å². The van der Waals surface area contributed by atoms with Gasteiger partial charge in [0.05, 0.1) is 5.56 Å². The number of amides is 1. The Morgan fingerprint density at radius 1 is 0.972 bits per heavy atom. The Bertz CT molecular complexity index is 1220. The number of nitrogens with zero attached hydrogens (tertiary/aromatic N) is 2. The minimum absolute atomic E-state index is 0.366. The van der Waals surface area contributed by atoms with Crippen molar-refractivity contribution >= 4 is 11.8 Å². The van der Waals surface area contributed by atoms with E-state index in [0.717, 1.165) is 40.1 Å². The Labute approximate surface area is 210 Å². The second-order valence-corrected chi connectivity index (χ2v) is 10.2. The number of hydrogen-bond acceptors (Lipinski definition) is 3. The fourth-order valence-electron chi connectivity index (χ4n) is 4.41. The first-order valence-electron chi connectivity index (χ1n) is 12.0. The number of rotatable bonds is 4.